The lowest BCUT2D eigenvalue weighted by atomic mass is 10.1. The van der Waals surface area contributed by atoms with E-state index >= 15 is 0 Å². The van der Waals surface area contributed by atoms with Gasteiger partial charge in [-0.15, -0.1) is 0 Å². The molecule has 0 saturated carbocycles. The predicted molar refractivity (Wildman–Crippen MR) is 64.8 cm³/mol. The zero-order valence-electron chi connectivity index (χ0n) is 11.2. The molecule has 3 unspecified atom stereocenters. The quantitative estimate of drug-likeness (QED) is 0.688. The Morgan fingerprint density at radius 2 is 1.82 bits per heavy atom. The molecule has 2 saturated heterocycles. The molecule has 2 aliphatic heterocycles. The zero-order valence-corrected chi connectivity index (χ0v) is 11.2. The SMILES string of the molecule is CC(C(=O)OC(C)(C)C)N1CC2CCC(C1)O2. The summed E-state index contributed by atoms with van der Waals surface area (Å²) in [6, 6.07) is -0.166. The standard InChI is InChI=1S/C13H23NO3/c1-9(12(15)17-13(2,3)4)14-7-10-5-6-11(8-14)16-10/h9-11H,5-8H2,1-4H3. The Labute approximate surface area is 103 Å². The molecule has 4 nitrogen and oxygen atoms in total. The lowest BCUT2D eigenvalue weighted by molar-refractivity contribution is -0.163. The Morgan fingerprint density at radius 3 is 2.29 bits per heavy atom. The van der Waals surface area contributed by atoms with Crippen molar-refractivity contribution in [3.05, 3.63) is 0 Å². The second-order valence-corrected chi connectivity index (χ2v) is 6.12. The molecule has 0 amide bonds. The minimum atomic E-state index is -0.406. The van der Waals surface area contributed by atoms with Crippen LogP contribution >= 0.6 is 0 Å². The molecule has 0 aromatic heterocycles. The van der Waals surface area contributed by atoms with E-state index in [2.05, 4.69) is 4.90 Å². The number of ether oxygens (including phenoxy) is 2. The highest BCUT2D eigenvalue weighted by Gasteiger charge is 2.38. The van der Waals surface area contributed by atoms with Gasteiger partial charge in [0.2, 0.25) is 0 Å². The number of carbonyl (C=O) groups excluding carboxylic acids is 1. The Kier molecular flexibility index (Phi) is 3.46. The lowest BCUT2D eigenvalue weighted by Crippen LogP contribution is -2.51. The Morgan fingerprint density at radius 1 is 1.29 bits per heavy atom. The first kappa shape index (κ1) is 12.8. The number of fused-ring (bicyclic) bond motifs is 2. The molecule has 2 aliphatic rings. The van der Waals surface area contributed by atoms with Crippen molar-refractivity contribution in [1.82, 2.24) is 4.90 Å². The minimum absolute atomic E-state index is 0.126. The van der Waals surface area contributed by atoms with Crippen molar-refractivity contribution in [1.29, 1.82) is 0 Å². The molecule has 2 heterocycles. The van der Waals surface area contributed by atoms with Crippen LogP contribution in [0.25, 0.3) is 0 Å². The molecule has 2 bridgehead atoms. The summed E-state index contributed by atoms with van der Waals surface area (Å²) in [5.74, 6) is -0.126. The number of morpholine rings is 1. The van der Waals surface area contributed by atoms with Crippen LogP contribution in [0.5, 0.6) is 0 Å². The molecule has 0 N–H and O–H groups in total. The Bertz CT molecular complexity index is 286. The average Bonchev–Trinajstić information content (AvgIpc) is 2.54. The molecule has 0 aliphatic carbocycles. The second-order valence-electron chi connectivity index (χ2n) is 6.12. The normalized spacial score (nSPS) is 31.3. The first-order chi connectivity index (χ1) is 7.85. The molecule has 2 fully saturated rings. The summed E-state index contributed by atoms with van der Waals surface area (Å²) in [7, 11) is 0. The van der Waals surface area contributed by atoms with Gasteiger partial charge < -0.3 is 9.47 Å². The molecule has 0 aromatic rings. The summed E-state index contributed by atoms with van der Waals surface area (Å²) in [5.41, 5.74) is -0.406. The van der Waals surface area contributed by atoms with E-state index < -0.39 is 5.60 Å². The summed E-state index contributed by atoms with van der Waals surface area (Å²) in [5, 5.41) is 0. The predicted octanol–water partition coefficient (Wildman–Crippen LogP) is 1.58. The van der Waals surface area contributed by atoms with Gasteiger partial charge in [-0.05, 0) is 40.5 Å². The number of esters is 1. The van der Waals surface area contributed by atoms with Crippen molar-refractivity contribution in [2.75, 3.05) is 13.1 Å². The van der Waals surface area contributed by atoms with Crippen LogP contribution in [-0.2, 0) is 14.3 Å². The maximum Gasteiger partial charge on any atom is 0.323 e. The number of hydrogen-bond donors (Lipinski definition) is 0. The van der Waals surface area contributed by atoms with Crippen LogP contribution in [0.3, 0.4) is 0 Å². The van der Waals surface area contributed by atoms with Crippen LogP contribution in [0, 0.1) is 0 Å². The van der Waals surface area contributed by atoms with Gasteiger partial charge in [0.1, 0.15) is 11.6 Å². The molecule has 2 rings (SSSR count). The van der Waals surface area contributed by atoms with Gasteiger partial charge in [0.15, 0.2) is 0 Å². The van der Waals surface area contributed by atoms with Crippen LogP contribution in [0.4, 0.5) is 0 Å². The third-order valence-corrected chi connectivity index (χ3v) is 3.37. The van der Waals surface area contributed by atoms with E-state index in [9.17, 15) is 4.79 Å². The van der Waals surface area contributed by atoms with Crippen LogP contribution in [0.2, 0.25) is 0 Å². The molecule has 17 heavy (non-hydrogen) atoms. The molecule has 98 valence electrons. The summed E-state index contributed by atoms with van der Waals surface area (Å²) in [4.78, 5) is 14.2. The van der Waals surface area contributed by atoms with Gasteiger partial charge in [0, 0.05) is 13.1 Å². The highest BCUT2D eigenvalue weighted by Crippen LogP contribution is 2.27. The van der Waals surface area contributed by atoms with Crippen molar-refractivity contribution < 1.29 is 14.3 Å². The number of nitrogens with zero attached hydrogens (tertiary/aromatic N) is 1. The van der Waals surface area contributed by atoms with Gasteiger partial charge in [-0.25, -0.2) is 0 Å². The molecule has 3 atom stereocenters. The van der Waals surface area contributed by atoms with Crippen molar-refractivity contribution >= 4 is 5.97 Å². The van der Waals surface area contributed by atoms with Gasteiger partial charge >= 0.3 is 5.97 Å². The number of carbonyl (C=O) groups is 1. The van der Waals surface area contributed by atoms with E-state index in [0.717, 1.165) is 25.9 Å². The summed E-state index contributed by atoms with van der Waals surface area (Å²) < 4.78 is 11.2. The van der Waals surface area contributed by atoms with Gasteiger partial charge in [0.25, 0.3) is 0 Å². The van der Waals surface area contributed by atoms with Crippen molar-refractivity contribution in [2.45, 2.75) is 64.4 Å². The first-order valence-electron chi connectivity index (χ1n) is 6.47. The summed E-state index contributed by atoms with van der Waals surface area (Å²) in [6.45, 7) is 9.36. The Hall–Kier alpha value is -0.610. The largest absolute Gasteiger partial charge is 0.459 e. The van der Waals surface area contributed by atoms with E-state index in [1.165, 1.54) is 0 Å². The van der Waals surface area contributed by atoms with Crippen molar-refractivity contribution in [3.63, 3.8) is 0 Å². The first-order valence-corrected chi connectivity index (χ1v) is 6.47. The number of rotatable bonds is 2. The summed E-state index contributed by atoms with van der Waals surface area (Å²) in [6.07, 6.45) is 2.89. The summed E-state index contributed by atoms with van der Waals surface area (Å²) >= 11 is 0. The monoisotopic (exact) mass is 241 g/mol. The fourth-order valence-corrected chi connectivity index (χ4v) is 2.50. The molecule has 0 radical (unpaired) electrons. The smallest absolute Gasteiger partial charge is 0.323 e. The third-order valence-electron chi connectivity index (χ3n) is 3.37. The van der Waals surface area contributed by atoms with Crippen LogP contribution in [-0.4, -0.2) is 47.8 Å². The van der Waals surface area contributed by atoms with E-state index in [-0.39, 0.29) is 12.0 Å². The van der Waals surface area contributed by atoms with Gasteiger partial charge in [0.05, 0.1) is 12.2 Å². The highest BCUT2D eigenvalue weighted by molar-refractivity contribution is 5.75. The minimum Gasteiger partial charge on any atom is -0.459 e. The highest BCUT2D eigenvalue weighted by atomic mass is 16.6. The van der Waals surface area contributed by atoms with Crippen LogP contribution in [0.1, 0.15) is 40.5 Å². The van der Waals surface area contributed by atoms with Crippen molar-refractivity contribution in [2.24, 2.45) is 0 Å². The second kappa shape index (κ2) is 4.58. The van der Waals surface area contributed by atoms with E-state index in [1.807, 2.05) is 27.7 Å². The average molecular weight is 241 g/mol. The molecular formula is C13H23NO3. The lowest BCUT2D eigenvalue weighted by Gasteiger charge is -2.36. The van der Waals surface area contributed by atoms with Crippen molar-refractivity contribution in [3.8, 4) is 0 Å². The molecule has 4 heteroatoms. The van der Waals surface area contributed by atoms with Gasteiger partial charge in [-0.3, -0.25) is 9.69 Å². The van der Waals surface area contributed by atoms with Crippen LogP contribution in [0.15, 0.2) is 0 Å². The maximum atomic E-state index is 12.0. The zero-order chi connectivity index (χ0) is 12.6. The number of hydrogen-bond acceptors (Lipinski definition) is 4. The van der Waals surface area contributed by atoms with Gasteiger partial charge in [-0.2, -0.15) is 0 Å². The van der Waals surface area contributed by atoms with Gasteiger partial charge in [-0.1, -0.05) is 0 Å². The van der Waals surface area contributed by atoms with E-state index in [0.29, 0.717) is 12.2 Å². The Balaban J connectivity index is 1.91. The topological polar surface area (TPSA) is 38.8 Å². The fourth-order valence-electron chi connectivity index (χ4n) is 2.50. The van der Waals surface area contributed by atoms with E-state index in [1.54, 1.807) is 0 Å². The molecule has 0 spiro atoms. The number of likely N-dealkylation sites (tertiary alicyclic amines) is 1. The molecular weight excluding hydrogens is 218 g/mol. The third kappa shape index (κ3) is 3.19. The maximum absolute atomic E-state index is 12.0. The molecule has 0 aromatic carbocycles. The van der Waals surface area contributed by atoms with E-state index in [4.69, 9.17) is 9.47 Å². The van der Waals surface area contributed by atoms with Crippen LogP contribution < -0.4 is 0 Å². The fraction of sp³-hybridized carbons (Fsp3) is 0.923.